The lowest BCUT2D eigenvalue weighted by Crippen LogP contribution is -2.36. The Bertz CT molecular complexity index is 658. The second-order valence-electron chi connectivity index (χ2n) is 4.78. The van der Waals surface area contributed by atoms with Crippen LogP contribution in [0.5, 0.6) is 0 Å². The number of amides is 1. The molecule has 0 aromatic carbocycles. The van der Waals surface area contributed by atoms with Gasteiger partial charge in [-0.05, 0) is 19.4 Å². The van der Waals surface area contributed by atoms with Crippen LogP contribution in [0.15, 0.2) is 11.1 Å². The lowest BCUT2D eigenvalue weighted by atomic mass is 10.3. The van der Waals surface area contributed by atoms with Gasteiger partial charge in [0, 0.05) is 4.88 Å². The smallest absolute Gasteiger partial charge is 0.413 e. The van der Waals surface area contributed by atoms with Crippen LogP contribution in [0.25, 0.3) is 0 Å². The molecular weight excluding hydrogens is 352 g/mol. The fourth-order valence-corrected chi connectivity index (χ4v) is 2.82. The number of hydrogen-bond acceptors (Lipinski definition) is 7. The highest BCUT2D eigenvalue weighted by molar-refractivity contribution is 7.16. The number of aliphatic imine (C=N–C) groups is 1. The van der Waals surface area contributed by atoms with Gasteiger partial charge in [-0.15, -0.1) is 0 Å². The highest BCUT2D eigenvalue weighted by Crippen LogP contribution is 2.35. The lowest BCUT2D eigenvalue weighted by molar-refractivity contribution is -0.379. The number of carbonyl (C=O) groups is 2. The molecule has 1 rings (SSSR count). The quantitative estimate of drug-likeness (QED) is 0.275. The van der Waals surface area contributed by atoms with Crippen molar-refractivity contribution in [3.8, 4) is 0 Å². The summed E-state index contributed by atoms with van der Waals surface area (Å²) in [6, 6.07) is 1.62. The molecule has 25 heavy (non-hydrogen) atoms. The third-order valence-corrected chi connectivity index (χ3v) is 3.92. The molecule has 0 aliphatic carbocycles. The number of guanidine groups is 1. The van der Waals surface area contributed by atoms with E-state index in [-0.39, 0.29) is 36.2 Å². The second-order valence-corrected chi connectivity index (χ2v) is 5.90. The SMILES string of the molecule is CCCc1cc(NC(=NCCC(=O)O)NC(=O)OCC)c([N+](=O)[O-])s1. The van der Waals surface area contributed by atoms with Crippen LogP contribution in [0, 0.1) is 10.1 Å². The summed E-state index contributed by atoms with van der Waals surface area (Å²) in [7, 11) is 0. The highest BCUT2D eigenvalue weighted by atomic mass is 32.1. The number of alkyl carbamates (subject to hydrolysis) is 1. The number of thiophene rings is 1. The number of aliphatic carboxylic acids is 1. The Hall–Kier alpha value is -2.69. The predicted molar refractivity (Wildman–Crippen MR) is 93.3 cm³/mol. The van der Waals surface area contributed by atoms with Crippen molar-refractivity contribution in [1.29, 1.82) is 0 Å². The molecule has 0 atom stereocenters. The van der Waals surface area contributed by atoms with Crippen LogP contribution in [0.3, 0.4) is 0 Å². The molecule has 3 N–H and O–H groups in total. The van der Waals surface area contributed by atoms with Gasteiger partial charge in [-0.1, -0.05) is 24.7 Å². The van der Waals surface area contributed by atoms with E-state index in [1.807, 2.05) is 6.92 Å². The third kappa shape index (κ3) is 7.16. The van der Waals surface area contributed by atoms with Gasteiger partial charge in [0.1, 0.15) is 5.69 Å². The third-order valence-electron chi connectivity index (χ3n) is 2.77. The molecule has 0 unspecified atom stereocenters. The molecule has 1 aromatic rings. The standard InChI is InChI=1S/C14H20N4O6S/c1-3-5-9-8-10(12(25-9)18(22)23)16-13(15-7-6-11(19)20)17-14(21)24-4-2/h8H,3-7H2,1-2H3,(H,19,20)(H2,15,16,17,21). The van der Waals surface area contributed by atoms with Gasteiger partial charge >= 0.3 is 17.1 Å². The number of rotatable bonds is 8. The lowest BCUT2D eigenvalue weighted by Gasteiger charge is -2.10. The van der Waals surface area contributed by atoms with Crippen molar-refractivity contribution in [3.05, 3.63) is 21.1 Å². The van der Waals surface area contributed by atoms with Gasteiger partial charge in [0.25, 0.3) is 0 Å². The Labute approximate surface area is 148 Å². The van der Waals surface area contributed by atoms with Crippen LogP contribution in [0.2, 0.25) is 0 Å². The van der Waals surface area contributed by atoms with Crippen LogP contribution in [0.4, 0.5) is 15.5 Å². The van der Waals surface area contributed by atoms with Crippen molar-refractivity contribution in [3.63, 3.8) is 0 Å². The van der Waals surface area contributed by atoms with E-state index in [1.165, 1.54) is 0 Å². The molecule has 138 valence electrons. The number of carbonyl (C=O) groups excluding carboxylic acids is 1. The van der Waals surface area contributed by atoms with Crippen LogP contribution in [-0.4, -0.2) is 41.2 Å². The Morgan fingerprint density at radius 3 is 2.72 bits per heavy atom. The maximum Gasteiger partial charge on any atom is 0.413 e. The Morgan fingerprint density at radius 1 is 1.44 bits per heavy atom. The van der Waals surface area contributed by atoms with Crippen LogP contribution >= 0.6 is 11.3 Å². The average Bonchev–Trinajstić information content (AvgIpc) is 2.90. The number of hydrogen-bond donors (Lipinski definition) is 3. The van der Waals surface area contributed by atoms with Crippen LogP contribution in [0.1, 0.15) is 31.6 Å². The van der Waals surface area contributed by atoms with Gasteiger partial charge in [0.05, 0.1) is 24.5 Å². The Balaban J connectivity index is 3.00. The summed E-state index contributed by atoms with van der Waals surface area (Å²) < 4.78 is 4.74. The summed E-state index contributed by atoms with van der Waals surface area (Å²) >= 11 is 1.04. The van der Waals surface area contributed by atoms with Crippen molar-refractivity contribution in [1.82, 2.24) is 5.32 Å². The largest absolute Gasteiger partial charge is 0.481 e. The van der Waals surface area contributed by atoms with Crippen molar-refractivity contribution < 1.29 is 24.4 Å². The minimum absolute atomic E-state index is 0.107. The summed E-state index contributed by atoms with van der Waals surface area (Å²) in [5.41, 5.74) is 0.185. The molecule has 0 saturated carbocycles. The van der Waals surface area contributed by atoms with Crippen molar-refractivity contribution in [2.24, 2.45) is 4.99 Å². The number of nitro groups is 1. The van der Waals surface area contributed by atoms with Crippen molar-refractivity contribution in [2.75, 3.05) is 18.5 Å². The molecule has 0 aliphatic heterocycles. The first-order valence-electron chi connectivity index (χ1n) is 7.61. The highest BCUT2D eigenvalue weighted by Gasteiger charge is 2.21. The molecular formula is C14H20N4O6S. The average molecular weight is 372 g/mol. The second kappa shape index (κ2) is 10.2. The molecule has 0 saturated heterocycles. The minimum atomic E-state index is -1.05. The molecule has 0 aliphatic rings. The van der Waals surface area contributed by atoms with E-state index >= 15 is 0 Å². The monoisotopic (exact) mass is 372 g/mol. The number of anilines is 1. The normalized spacial score (nSPS) is 11.0. The van der Waals surface area contributed by atoms with Crippen molar-refractivity contribution >= 4 is 40.0 Å². The topological polar surface area (TPSA) is 143 Å². The summed E-state index contributed by atoms with van der Waals surface area (Å²) in [5, 5.41) is 24.8. The van der Waals surface area contributed by atoms with E-state index in [1.54, 1.807) is 13.0 Å². The number of ether oxygens (including phenoxy) is 1. The molecule has 1 amide bonds. The van der Waals surface area contributed by atoms with E-state index in [9.17, 15) is 19.7 Å². The van der Waals surface area contributed by atoms with Crippen molar-refractivity contribution in [2.45, 2.75) is 33.1 Å². The van der Waals surface area contributed by atoms with E-state index in [4.69, 9.17) is 9.84 Å². The first-order chi connectivity index (χ1) is 11.9. The number of nitrogens with zero attached hydrogens (tertiary/aromatic N) is 2. The number of nitrogens with one attached hydrogen (secondary N) is 2. The zero-order chi connectivity index (χ0) is 18.8. The van der Waals surface area contributed by atoms with E-state index < -0.39 is 17.0 Å². The van der Waals surface area contributed by atoms with Gasteiger partial charge in [-0.2, -0.15) is 0 Å². The fraction of sp³-hybridized carbons (Fsp3) is 0.500. The predicted octanol–water partition coefficient (Wildman–Crippen LogP) is 2.60. The molecule has 1 aromatic heterocycles. The molecule has 0 bridgehead atoms. The Kier molecular flexibility index (Phi) is 8.33. The zero-order valence-corrected chi connectivity index (χ0v) is 14.7. The minimum Gasteiger partial charge on any atom is -0.481 e. The summed E-state index contributed by atoms with van der Waals surface area (Å²) in [6.07, 6.45) is 0.472. The number of carboxylic acids is 1. The van der Waals surface area contributed by atoms with Gasteiger partial charge in [0.2, 0.25) is 5.96 Å². The zero-order valence-electron chi connectivity index (χ0n) is 13.9. The maximum atomic E-state index is 11.6. The summed E-state index contributed by atoms with van der Waals surface area (Å²) in [6.45, 7) is 3.60. The number of carboxylic acid groups (broad SMARTS) is 1. The first-order valence-corrected chi connectivity index (χ1v) is 8.43. The van der Waals surface area contributed by atoms with E-state index in [0.717, 1.165) is 22.6 Å². The molecule has 0 radical (unpaired) electrons. The summed E-state index contributed by atoms with van der Waals surface area (Å²) in [5.74, 6) is -1.16. The van der Waals surface area contributed by atoms with E-state index in [2.05, 4.69) is 15.6 Å². The van der Waals surface area contributed by atoms with Crippen LogP contribution < -0.4 is 10.6 Å². The molecule has 0 spiro atoms. The molecule has 0 fully saturated rings. The van der Waals surface area contributed by atoms with E-state index in [0.29, 0.717) is 6.42 Å². The molecule has 1 heterocycles. The van der Waals surface area contributed by atoms with Gasteiger partial charge < -0.3 is 15.2 Å². The Morgan fingerprint density at radius 2 is 2.16 bits per heavy atom. The van der Waals surface area contributed by atoms with Gasteiger partial charge in [0.15, 0.2) is 0 Å². The first kappa shape index (κ1) is 20.4. The summed E-state index contributed by atoms with van der Waals surface area (Å²) in [4.78, 5) is 37.6. The fourth-order valence-electron chi connectivity index (χ4n) is 1.79. The van der Waals surface area contributed by atoms with Crippen LogP contribution in [-0.2, 0) is 16.0 Å². The maximum absolute atomic E-state index is 11.6. The van der Waals surface area contributed by atoms with Gasteiger partial charge in [-0.3, -0.25) is 25.2 Å². The number of aryl methyl sites for hydroxylation is 1. The molecule has 11 heteroatoms. The van der Waals surface area contributed by atoms with Gasteiger partial charge in [-0.25, -0.2) is 4.79 Å². The molecule has 10 nitrogen and oxygen atoms in total.